The van der Waals surface area contributed by atoms with Gasteiger partial charge in [-0.1, -0.05) is 30.3 Å². The van der Waals surface area contributed by atoms with E-state index in [9.17, 15) is 9.59 Å². The minimum Gasteiger partial charge on any atom is -0.446 e. The Bertz CT molecular complexity index is 853. The zero-order chi connectivity index (χ0) is 21.0. The van der Waals surface area contributed by atoms with Crippen molar-refractivity contribution < 1.29 is 19.1 Å². The number of rotatable bonds is 3. The molecule has 0 saturated carbocycles. The maximum atomic E-state index is 12.4. The van der Waals surface area contributed by atoms with E-state index < -0.39 is 11.7 Å². The Morgan fingerprint density at radius 1 is 1.17 bits per heavy atom. The summed E-state index contributed by atoms with van der Waals surface area (Å²) in [5, 5.41) is 4.37. The fraction of sp³-hybridized carbons (Fsp3) is 0.476. The molecule has 1 N–H and O–H groups in total. The lowest BCUT2D eigenvalue weighted by molar-refractivity contribution is 0.00794. The second kappa shape index (κ2) is 8.82. The van der Waals surface area contributed by atoms with Crippen LogP contribution in [0.15, 0.2) is 30.3 Å². The number of ether oxygens (including phenoxy) is 2. The molecular formula is C21H27N3O4S. The van der Waals surface area contributed by atoms with Gasteiger partial charge < -0.3 is 14.4 Å². The van der Waals surface area contributed by atoms with E-state index in [1.165, 1.54) is 11.3 Å². The maximum absolute atomic E-state index is 12.4. The number of nitrogens with one attached hydrogen (secondary N) is 1. The summed E-state index contributed by atoms with van der Waals surface area (Å²) >= 11 is 1.42. The lowest BCUT2D eigenvalue weighted by atomic mass is 10.1. The number of thiazole rings is 1. The SMILES string of the molecule is Cc1nc(-c2ccccc2)c(NC(=O)OC2CCN(C(=O)OC(C)(C)C)CC2)s1. The largest absolute Gasteiger partial charge is 0.446 e. The van der Waals surface area contributed by atoms with Crippen LogP contribution < -0.4 is 5.32 Å². The molecule has 0 spiro atoms. The normalized spacial score (nSPS) is 15.1. The van der Waals surface area contributed by atoms with E-state index in [0.717, 1.165) is 16.3 Å². The molecule has 0 bridgehead atoms. The Kier molecular flexibility index (Phi) is 6.42. The standard InChI is InChI=1S/C21H27N3O4S/c1-14-22-17(15-8-6-5-7-9-15)18(29-14)23-19(25)27-16-10-12-24(13-11-16)20(26)28-21(2,3)4/h5-9,16H,10-13H2,1-4H3,(H,23,25). The van der Waals surface area contributed by atoms with E-state index >= 15 is 0 Å². The number of aromatic nitrogens is 1. The van der Waals surface area contributed by atoms with Crippen molar-refractivity contribution in [1.82, 2.24) is 9.88 Å². The maximum Gasteiger partial charge on any atom is 0.412 e. The Balaban J connectivity index is 1.53. The Morgan fingerprint density at radius 3 is 2.45 bits per heavy atom. The van der Waals surface area contributed by atoms with Crippen LogP contribution in [0.1, 0.15) is 38.6 Å². The number of piperidine rings is 1. The van der Waals surface area contributed by atoms with Crippen molar-refractivity contribution in [1.29, 1.82) is 0 Å². The van der Waals surface area contributed by atoms with Gasteiger partial charge in [-0.25, -0.2) is 14.6 Å². The minimum absolute atomic E-state index is 0.233. The molecule has 1 saturated heterocycles. The van der Waals surface area contributed by atoms with Crippen molar-refractivity contribution in [3.63, 3.8) is 0 Å². The van der Waals surface area contributed by atoms with Gasteiger partial charge in [0.25, 0.3) is 0 Å². The Hall–Kier alpha value is -2.61. The van der Waals surface area contributed by atoms with Gasteiger partial charge in [0, 0.05) is 31.5 Å². The van der Waals surface area contributed by atoms with Gasteiger partial charge in [0.15, 0.2) is 0 Å². The van der Waals surface area contributed by atoms with E-state index in [0.29, 0.717) is 30.9 Å². The van der Waals surface area contributed by atoms with E-state index in [1.54, 1.807) is 4.90 Å². The number of hydrogen-bond donors (Lipinski definition) is 1. The van der Waals surface area contributed by atoms with Crippen LogP contribution in [0.2, 0.25) is 0 Å². The highest BCUT2D eigenvalue weighted by molar-refractivity contribution is 7.16. The lowest BCUT2D eigenvalue weighted by Gasteiger charge is -2.33. The van der Waals surface area contributed by atoms with E-state index in [1.807, 2.05) is 58.0 Å². The summed E-state index contributed by atoms with van der Waals surface area (Å²) in [7, 11) is 0. The number of benzene rings is 1. The van der Waals surface area contributed by atoms with Crippen LogP contribution in [-0.4, -0.2) is 46.9 Å². The average Bonchev–Trinajstić information content (AvgIpc) is 3.01. The predicted molar refractivity (Wildman–Crippen MR) is 113 cm³/mol. The molecule has 29 heavy (non-hydrogen) atoms. The predicted octanol–water partition coefficient (Wildman–Crippen LogP) is 5.07. The molecule has 7 nitrogen and oxygen atoms in total. The molecule has 0 radical (unpaired) electrons. The van der Waals surface area contributed by atoms with Crippen molar-refractivity contribution in [2.45, 2.75) is 52.2 Å². The Labute approximate surface area is 175 Å². The van der Waals surface area contributed by atoms with Gasteiger partial charge >= 0.3 is 12.2 Å². The summed E-state index contributed by atoms with van der Waals surface area (Å²) in [6.07, 6.45) is 0.109. The molecule has 0 aliphatic carbocycles. The van der Waals surface area contributed by atoms with Crippen molar-refractivity contribution in [2.75, 3.05) is 18.4 Å². The quantitative estimate of drug-likeness (QED) is 0.754. The second-order valence-electron chi connectivity index (χ2n) is 7.97. The van der Waals surface area contributed by atoms with Gasteiger partial charge in [0.05, 0.1) is 5.01 Å². The number of carbonyl (C=O) groups excluding carboxylic acids is 2. The van der Waals surface area contributed by atoms with Crippen molar-refractivity contribution in [2.24, 2.45) is 0 Å². The molecule has 1 aliphatic rings. The molecule has 0 unspecified atom stereocenters. The number of aryl methyl sites for hydroxylation is 1. The van der Waals surface area contributed by atoms with Crippen LogP contribution in [0.4, 0.5) is 14.6 Å². The third kappa shape index (κ3) is 5.93. The molecule has 3 rings (SSSR count). The van der Waals surface area contributed by atoms with Crippen molar-refractivity contribution in [3.8, 4) is 11.3 Å². The van der Waals surface area contributed by atoms with Crippen LogP contribution in [0.25, 0.3) is 11.3 Å². The first-order valence-electron chi connectivity index (χ1n) is 9.70. The average molecular weight is 418 g/mol. The van der Waals surface area contributed by atoms with Crippen LogP contribution in [0, 0.1) is 6.92 Å². The van der Waals surface area contributed by atoms with Gasteiger partial charge in [-0.2, -0.15) is 0 Å². The first-order chi connectivity index (χ1) is 13.7. The molecule has 8 heteroatoms. The topological polar surface area (TPSA) is 80.8 Å². The molecule has 1 aliphatic heterocycles. The number of amides is 2. The summed E-state index contributed by atoms with van der Waals surface area (Å²) in [6.45, 7) is 8.44. The second-order valence-corrected chi connectivity index (χ2v) is 9.18. The van der Waals surface area contributed by atoms with E-state index in [2.05, 4.69) is 10.3 Å². The molecule has 156 valence electrons. The Morgan fingerprint density at radius 2 is 1.83 bits per heavy atom. The van der Waals surface area contributed by atoms with Crippen molar-refractivity contribution in [3.05, 3.63) is 35.3 Å². The van der Waals surface area contributed by atoms with Crippen LogP contribution in [-0.2, 0) is 9.47 Å². The van der Waals surface area contributed by atoms with Gasteiger partial charge in [-0.3, -0.25) is 5.32 Å². The van der Waals surface area contributed by atoms with E-state index in [-0.39, 0.29) is 12.2 Å². The highest BCUT2D eigenvalue weighted by Crippen LogP contribution is 2.33. The molecule has 1 aromatic carbocycles. The summed E-state index contributed by atoms with van der Waals surface area (Å²) in [6, 6.07) is 9.72. The first-order valence-corrected chi connectivity index (χ1v) is 10.5. The minimum atomic E-state index is -0.520. The molecule has 1 fully saturated rings. The number of carbonyl (C=O) groups is 2. The summed E-state index contributed by atoms with van der Waals surface area (Å²) in [5.41, 5.74) is 1.16. The van der Waals surface area contributed by atoms with Gasteiger partial charge in [0.1, 0.15) is 22.4 Å². The molecule has 2 heterocycles. The molecule has 2 aromatic rings. The number of nitrogens with zero attached hydrogens (tertiary/aromatic N) is 2. The fourth-order valence-electron chi connectivity index (χ4n) is 3.06. The van der Waals surface area contributed by atoms with Gasteiger partial charge in [-0.15, -0.1) is 11.3 Å². The zero-order valence-corrected chi connectivity index (χ0v) is 18.0. The molecule has 0 atom stereocenters. The van der Waals surface area contributed by atoms with E-state index in [4.69, 9.17) is 9.47 Å². The van der Waals surface area contributed by atoms with Crippen LogP contribution in [0.5, 0.6) is 0 Å². The monoisotopic (exact) mass is 417 g/mol. The number of anilines is 1. The smallest absolute Gasteiger partial charge is 0.412 e. The van der Waals surface area contributed by atoms with Crippen molar-refractivity contribution >= 4 is 28.5 Å². The third-order valence-corrected chi connectivity index (χ3v) is 5.25. The summed E-state index contributed by atoms with van der Waals surface area (Å²) in [5.74, 6) is 0. The highest BCUT2D eigenvalue weighted by Gasteiger charge is 2.28. The third-order valence-electron chi connectivity index (χ3n) is 4.36. The number of likely N-dealkylation sites (tertiary alicyclic amines) is 1. The van der Waals surface area contributed by atoms with Gasteiger partial charge in [0.2, 0.25) is 0 Å². The lowest BCUT2D eigenvalue weighted by Crippen LogP contribution is -2.44. The summed E-state index contributed by atoms with van der Waals surface area (Å²) < 4.78 is 11.0. The molecule has 2 amide bonds. The van der Waals surface area contributed by atoms with Crippen LogP contribution >= 0.6 is 11.3 Å². The first kappa shape index (κ1) is 21.1. The highest BCUT2D eigenvalue weighted by atomic mass is 32.1. The molecular weight excluding hydrogens is 390 g/mol. The van der Waals surface area contributed by atoms with Crippen LogP contribution in [0.3, 0.4) is 0 Å². The summed E-state index contributed by atoms with van der Waals surface area (Å²) in [4.78, 5) is 30.7. The number of hydrogen-bond acceptors (Lipinski definition) is 6. The van der Waals surface area contributed by atoms with Gasteiger partial charge in [-0.05, 0) is 27.7 Å². The zero-order valence-electron chi connectivity index (χ0n) is 17.2. The molecule has 1 aromatic heterocycles. The fourth-order valence-corrected chi connectivity index (χ4v) is 3.89.